The van der Waals surface area contributed by atoms with Gasteiger partial charge in [-0.25, -0.2) is 5.43 Å². The molecule has 0 aliphatic heterocycles. The van der Waals surface area contributed by atoms with Gasteiger partial charge >= 0.3 is 0 Å². The van der Waals surface area contributed by atoms with Crippen LogP contribution in [0, 0.1) is 0 Å². The van der Waals surface area contributed by atoms with E-state index in [1.54, 1.807) is 12.3 Å². The Kier molecular flexibility index (Phi) is 7.93. The van der Waals surface area contributed by atoms with Gasteiger partial charge in [0, 0.05) is 0 Å². The van der Waals surface area contributed by atoms with E-state index in [-0.39, 0.29) is 12.5 Å². The fourth-order valence-electron chi connectivity index (χ4n) is 2.21. The molecule has 0 aliphatic rings. The first-order valence-corrected chi connectivity index (χ1v) is 8.58. The number of nitrogens with one attached hydrogen (secondary N) is 1. The number of nitrogens with zero attached hydrogens (tertiary/aromatic N) is 1. The number of rotatable bonds is 10. The van der Waals surface area contributed by atoms with Gasteiger partial charge in [-0.2, -0.15) is 5.10 Å². The highest BCUT2D eigenvalue weighted by atomic mass is 16.5. The molecule has 0 radical (unpaired) electrons. The smallest absolute Gasteiger partial charge is 0.277 e. The molecule has 1 amide bonds. The van der Waals surface area contributed by atoms with Crippen molar-refractivity contribution in [2.24, 2.45) is 5.10 Å². The van der Waals surface area contributed by atoms with Crippen molar-refractivity contribution in [3.05, 3.63) is 72.3 Å². The minimum absolute atomic E-state index is 0.0845. The number of hydrogen-bond donors (Lipinski definition) is 1. The number of hydrazone groups is 1. The van der Waals surface area contributed by atoms with Crippen LogP contribution in [-0.4, -0.2) is 25.3 Å². The van der Waals surface area contributed by atoms with E-state index in [9.17, 15) is 4.79 Å². The van der Waals surface area contributed by atoms with Gasteiger partial charge in [0.2, 0.25) is 0 Å². The normalized spacial score (nSPS) is 10.5. The van der Waals surface area contributed by atoms with Crippen LogP contribution in [0.2, 0.25) is 0 Å². The molecule has 0 bridgehead atoms. The molecular weight excluding hydrogens is 328 g/mol. The molecule has 0 heterocycles. The first-order valence-electron chi connectivity index (χ1n) is 8.58. The number of hydrogen-bond acceptors (Lipinski definition) is 4. The molecule has 0 fully saturated rings. The Labute approximate surface area is 154 Å². The highest BCUT2D eigenvalue weighted by Crippen LogP contribution is 2.13. The second-order valence-electron chi connectivity index (χ2n) is 5.64. The zero-order valence-corrected chi connectivity index (χ0v) is 15.0. The van der Waals surface area contributed by atoms with Gasteiger partial charge in [0.1, 0.15) is 18.1 Å². The maximum absolute atomic E-state index is 11.8. The SMILES string of the molecule is C=CCOc1ccc(/C=N/NC(=O)COc2ccc(CCC)cc2)cc1. The Hall–Kier alpha value is -3.08. The third-order valence-corrected chi connectivity index (χ3v) is 3.48. The number of benzene rings is 2. The average Bonchev–Trinajstić information content (AvgIpc) is 2.67. The van der Waals surface area contributed by atoms with Crippen LogP contribution in [0.1, 0.15) is 24.5 Å². The zero-order valence-electron chi connectivity index (χ0n) is 15.0. The molecule has 5 heteroatoms. The lowest BCUT2D eigenvalue weighted by molar-refractivity contribution is -0.123. The Balaban J connectivity index is 1.73. The molecule has 0 spiro atoms. The van der Waals surface area contributed by atoms with Gasteiger partial charge in [0.05, 0.1) is 6.21 Å². The van der Waals surface area contributed by atoms with E-state index in [0.29, 0.717) is 12.4 Å². The number of aryl methyl sites for hydroxylation is 1. The molecule has 0 aliphatic carbocycles. The zero-order chi connectivity index (χ0) is 18.6. The van der Waals surface area contributed by atoms with E-state index in [2.05, 4.69) is 24.0 Å². The maximum Gasteiger partial charge on any atom is 0.277 e. The van der Waals surface area contributed by atoms with Gasteiger partial charge in [-0.15, -0.1) is 0 Å². The summed E-state index contributed by atoms with van der Waals surface area (Å²) in [4.78, 5) is 11.8. The number of carbonyl (C=O) groups is 1. The predicted molar refractivity (Wildman–Crippen MR) is 104 cm³/mol. The van der Waals surface area contributed by atoms with Crippen LogP contribution in [0.3, 0.4) is 0 Å². The van der Waals surface area contributed by atoms with Crippen molar-refractivity contribution in [1.82, 2.24) is 5.43 Å². The first kappa shape index (κ1) is 19.2. The molecule has 5 nitrogen and oxygen atoms in total. The summed E-state index contributed by atoms with van der Waals surface area (Å²) < 4.78 is 10.8. The lowest BCUT2D eigenvalue weighted by Crippen LogP contribution is -2.24. The molecule has 0 saturated heterocycles. The highest BCUT2D eigenvalue weighted by molar-refractivity contribution is 5.83. The number of ether oxygens (including phenoxy) is 2. The molecule has 0 saturated carbocycles. The van der Waals surface area contributed by atoms with Gasteiger partial charge < -0.3 is 9.47 Å². The summed E-state index contributed by atoms with van der Waals surface area (Å²) in [5.74, 6) is 1.10. The van der Waals surface area contributed by atoms with Gasteiger partial charge in [0.25, 0.3) is 5.91 Å². The fourth-order valence-corrected chi connectivity index (χ4v) is 2.21. The summed E-state index contributed by atoms with van der Waals surface area (Å²) in [5.41, 5.74) is 4.55. The first-order chi connectivity index (χ1) is 12.7. The van der Waals surface area contributed by atoms with Crippen molar-refractivity contribution in [1.29, 1.82) is 0 Å². The van der Waals surface area contributed by atoms with Crippen molar-refractivity contribution in [2.75, 3.05) is 13.2 Å². The summed E-state index contributed by atoms with van der Waals surface area (Å²) in [6.07, 6.45) is 5.39. The Bertz CT molecular complexity index is 722. The van der Waals surface area contributed by atoms with Crippen LogP contribution in [0.25, 0.3) is 0 Å². The second kappa shape index (κ2) is 10.7. The topological polar surface area (TPSA) is 59.9 Å². The number of amides is 1. The van der Waals surface area contributed by atoms with Crippen molar-refractivity contribution in [3.8, 4) is 11.5 Å². The van der Waals surface area contributed by atoms with Crippen LogP contribution >= 0.6 is 0 Å². The Morgan fingerprint density at radius 2 is 1.73 bits per heavy atom. The van der Waals surface area contributed by atoms with Gasteiger partial charge in [-0.3, -0.25) is 4.79 Å². The summed E-state index contributed by atoms with van der Waals surface area (Å²) in [6, 6.07) is 15.1. The molecule has 2 rings (SSSR count). The Morgan fingerprint density at radius 1 is 1.08 bits per heavy atom. The van der Waals surface area contributed by atoms with E-state index in [4.69, 9.17) is 9.47 Å². The van der Waals surface area contributed by atoms with Gasteiger partial charge in [-0.05, 0) is 53.9 Å². The monoisotopic (exact) mass is 352 g/mol. The van der Waals surface area contributed by atoms with Gasteiger partial charge in [0.15, 0.2) is 6.61 Å². The van der Waals surface area contributed by atoms with Gasteiger partial charge in [-0.1, -0.05) is 38.1 Å². The fraction of sp³-hybridized carbons (Fsp3) is 0.238. The average molecular weight is 352 g/mol. The molecule has 136 valence electrons. The minimum Gasteiger partial charge on any atom is -0.490 e. The summed E-state index contributed by atoms with van der Waals surface area (Å²) in [6.45, 7) is 6.12. The van der Waals surface area contributed by atoms with Crippen LogP contribution in [0.4, 0.5) is 0 Å². The van der Waals surface area contributed by atoms with E-state index < -0.39 is 0 Å². The molecule has 0 unspecified atom stereocenters. The summed E-state index contributed by atoms with van der Waals surface area (Å²) >= 11 is 0. The van der Waals surface area contributed by atoms with Crippen LogP contribution < -0.4 is 14.9 Å². The standard InChI is InChI=1S/C21H24N2O3/c1-3-5-17-6-10-20(11-7-17)26-16-21(24)23-22-15-18-8-12-19(13-9-18)25-14-4-2/h4,6-13,15H,2-3,5,14,16H2,1H3,(H,23,24)/b22-15+. The third kappa shape index (κ3) is 6.81. The molecule has 2 aromatic rings. The number of carbonyl (C=O) groups excluding carboxylic acids is 1. The molecule has 26 heavy (non-hydrogen) atoms. The Morgan fingerprint density at radius 3 is 2.38 bits per heavy atom. The second-order valence-corrected chi connectivity index (χ2v) is 5.64. The highest BCUT2D eigenvalue weighted by Gasteiger charge is 2.01. The minimum atomic E-state index is -0.315. The van der Waals surface area contributed by atoms with E-state index in [0.717, 1.165) is 24.2 Å². The molecule has 0 atom stereocenters. The lowest BCUT2D eigenvalue weighted by atomic mass is 10.1. The third-order valence-electron chi connectivity index (χ3n) is 3.48. The molecule has 2 aromatic carbocycles. The van der Waals surface area contributed by atoms with E-state index in [1.807, 2.05) is 48.5 Å². The van der Waals surface area contributed by atoms with Crippen molar-refractivity contribution < 1.29 is 14.3 Å². The quantitative estimate of drug-likeness (QED) is 0.403. The van der Waals surface area contributed by atoms with Crippen LogP contribution in [0.5, 0.6) is 11.5 Å². The largest absolute Gasteiger partial charge is 0.490 e. The van der Waals surface area contributed by atoms with E-state index >= 15 is 0 Å². The van der Waals surface area contributed by atoms with E-state index in [1.165, 1.54) is 5.56 Å². The molecule has 1 N–H and O–H groups in total. The van der Waals surface area contributed by atoms with Crippen LogP contribution in [-0.2, 0) is 11.2 Å². The van der Waals surface area contributed by atoms with Crippen LogP contribution in [0.15, 0.2) is 66.3 Å². The summed E-state index contributed by atoms with van der Waals surface area (Å²) in [5, 5.41) is 3.92. The lowest BCUT2D eigenvalue weighted by Gasteiger charge is -2.06. The van der Waals surface area contributed by atoms with Crippen molar-refractivity contribution in [2.45, 2.75) is 19.8 Å². The molecule has 0 aromatic heterocycles. The molecular formula is C21H24N2O3. The summed E-state index contributed by atoms with van der Waals surface area (Å²) in [7, 11) is 0. The predicted octanol–water partition coefficient (Wildman–Crippen LogP) is 3.73. The maximum atomic E-state index is 11.8. The van der Waals surface area contributed by atoms with Crippen molar-refractivity contribution in [3.63, 3.8) is 0 Å². The van der Waals surface area contributed by atoms with Crippen molar-refractivity contribution >= 4 is 12.1 Å².